The van der Waals surface area contributed by atoms with Crippen molar-refractivity contribution in [2.75, 3.05) is 11.6 Å². The lowest BCUT2D eigenvalue weighted by Gasteiger charge is -2.07. The number of fused-ring (bicyclic) bond motifs is 1. The average Bonchev–Trinajstić information content (AvgIpc) is 3.25. The fraction of sp³-hybridized carbons (Fsp3) is 0.190. The highest BCUT2D eigenvalue weighted by Crippen LogP contribution is 2.30. The zero-order chi connectivity index (χ0) is 19.8. The third-order valence-corrected chi connectivity index (χ3v) is 6.11. The van der Waals surface area contributed by atoms with E-state index in [0.717, 1.165) is 31.5 Å². The second kappa shape index (κ2) is 7.41. The van der Waals surface area contributed by atoms with Crippen LogP contribution in [0.4, 0.5) is 5.82 Å². The summed E-state index contributed by atoms with van der Waals surface area (Å²) in [6.07, 6.45) is 1.99. The van der Waals surface area contributed by atoms with Crippen molar-refractivity contribution in [1.29, 1.82) is 0 Å². The minimum atomic E-state index is -0.162. The van der Waals surface area contributed by atoms with Crippen molar-refractivity contribution >= 4 is 45.0 Å². The van der Waals surface area contributed by atoms with Crippen molar-refractivity contribution in [2.24, 2.45) is 0 Å². The van der Waals surface area contributed by atoms with E-state index in [1.165, 1.54) is 5.56 Å². The van der Waals surface area contributed by atoms with Gasteiger partial charge in [-0.3, -0.25) is 4.79 Å². The van der Waals surface area contributed by atoms with E-state index >= 15 is 0 Å². The molecule has 7 heteroatoms. The lowest BCUT2D eigenvalue weighted by Crippen LogP contribution is -2.15. The number of thioether (sulfide) groups is 1. The third kappa shape index (κ3) is 3.55. The Kier molecular flexibility index (Phi) is 4.95. The maximum atomic E-state index is 12.8. The number of nitrogens with zero attached hydrogens (tertiary/aromatic N) is 3. The van der Waals surface area contributed by atoms with Crippen LogP contribution in [0.1, 0.15) is 27.2 Å². The van der Waals surface area contributed by atoms with Gasteiger partial charge in [0.05, 0.1) is 15.9 Å². The zero-order valence-corrected chi connectivity index (χ0v) is 17.7. The van der Waals surface area contributed by atoms with E-state index < -0.39 is 0 Å². The monoisotopic (exact) mass is 408 g/mol. The minimum absolute atomic E-state index is 0.162. The molecule has 1 amide bonds. The molecule has 0 atom stereocenters. The number of hydrogen-bond donors (Lipinski definition) is 1. The molecule has 5 nitrogen and oxygen atoms in total. The van der Waals surface area contributed by atoms with Gasteiger partial charge in [-0.1, -0.05) is 23.5 Å². The van der Waals surface area contributed by atoms with Crippen LogP contribution in [0.3, 0.4) is 0 Å². The zero-order valence-electron chi connectivity index (χ0n) is 16.1. The molecule has 0 radical (unpaired) electrons. The molecule has 0 saturated heterocycles. The molecular weight excluding hydrogens is 388 g/mol. The van der Waals surface area contributed by atoms with Gasteiger partial charge < -0.3 is 5.32 Å². The van der Waals surface area contributed by atoms with E-state index in [4.69, 9.17) is 4.98 Å². The van der Waals surface area contributed by atoms with Gasteiger partial charge >= 0.3 is 0 Å². The van der Waals surface area contributed by atoms with Gasteiger partial charge in [-0.15, -0.1) is 11.8 Å². The molecule has 2 aromatic heterocycles. The Balaban J connectivity index is 1.71. The molecule has 0 bridgehead atoms. The number of aryl methyl sites for hydroxylation is 3. The molecule has 4 rings (SSSR count). The Bertz CT molecular complexity index is 1190. The summed E-state index contributed by atoms with van der Waals surface area (Å²) in [5, 5.41) is 8.28. The molecule has 0 fully saturated rings. The van der Waals surface area contributed by atoms with Gasteiger partial charge in [-0.2, -0.15) is 9.78 Å². The van der Waals surface area contributed by atoms with E-state index in [2.05, 4.69) is 36.4 Å². The van der Waals surface area contributed by atoms with Crippen molar-refractivity contribution in [1.82, 2.24) is 14.8 Å². The fourth-order valence-corrected chi connectivity index (χ4v) is 4.70. The summed E-state index contributed by atoms with van der Waals surface area (Å²) in [5.41, 5.74) is 4.76. The number of anilines is 1. The quantitative estimate of drug-likeness (QED) is 0.461. The molecule has 142 valence electrons. The molecule has 2 heterocycles. The van der Waals surface area contributed by atoms with Gasteiger partial charge in [-0.05, 0) is 62.4 Å². The van der Waals surface area contributed by atoms with Crippen LogP contribution >= 0.6 is 23.1 Å². The topological polar surface area (TPSA) is 59.8 Å². The average molecular weight is 409 g/mol. The fourth-order valence-electron chi connectivity index (χ4n) is 3.14. The van der Waals surface area contributed by atoms with Crippen LogP contribution in [0.25, 0.3) is 15.3 Å². The smallest absolute Gasteiger partial charge is 0.256 e. The number of hydrogen-bond acceptors (Lipinski definition) is 5. The Morgan fingerprint density at radius 3 is 2.75 bits per heavy atom. The maximum absolute atomic E-state index is 12.8. The largest absolute Gasteiger partial charge is 0.306 e. The van der Waals surface area contributed by atoms with Crippen LogP contribution in [0.2, 0.25) is 0 Å². The summed E-state index contributed by atoms with van der Waals surface area (Å²) in [7, 11) is 0. The molecule has 2 aromatic carbocycles. The van der Waals surface area contributed by atoms with Crippen LogP contribution in [0.15, 0.2) is 47.4 Å². The summed E-state index contributed by atoms with van der Waals surface area (Å²) in [6.45, 7) is 6.05. The molecule has 0 aliphatic carbocycles. The number of aromatic nitrogens is 3. The number of carbonyl (C=O) groups is 1. The number of benzene rings is 2. The summed E-state index contributed by atoms with van der Waals surface area (Å²) >= 11 is 3.18. The number of nitrogens with one attached hydrogen (secondary N) is 1. The normalized spacial score (nSPS) is 11.1. The first-order chi connectivity index (χ1) is 13.4. The predicted octanol–water partition coefficient (Wildman–Crippen LogP) is 5.38. The highest BCUT2D eigenvalue weighted by molar-refractivity contribution is 7.98. The van der Waals surface area contributed by atoms with E-state index in [-0.39, 0.29) is 5.91 Å². The van der Waals surface area contributed by atoms with E-state index in [1.54, 1.807) is 27.8 Å². The maximum Gasteiger partial charge on any atom is 0.256 e. The minimum Gasteiger partial charge on any atom is -0.306 e. The van der Waals surface area contributed by atoms with Crippen molar-refractivity contribution < 1.29 is 4.79 Å². The number of rotatable bonds is 4. The van der Waals surface area contributed by atoms with Crippen molar-refractivity contribution in [2.45, 2.75) is 25.7 Å². The van der Waals surface area contributed by atoms with Crippen molar-refractivity contribution in [3.63, 3.8) is 0 Å². The molecule has 4 aromatic rings. The predicted molar refractivity (Wildman–Crippen MR) is 117 cm³/mol. The number of carbonyl (C=O) groups excluding carboxylic acids is 1. The van der Waals surface area contributed by atoms with Gasteiger partial charge in [0, 0.05) is 16.5 Å². The van der Waals surface area contributed by atoms with Crippen molar-refractivity contribution in [3.8, 4) is 5.13 Å². The van der Waals surface area contributed by atoms with E-state index in [9.17, 15) is 4.79 Å². The summed E-state index contributed by atoms with van der Waals surface area (Å²) < 4.78 is 2.83. The molecule has 1 N–H and O–H groups in total. The first-order valence-electron chi connectivity index (χ1n) is 8.85. The molecule has 0 saturated carbocycles. The number of amides is 1. The highest BCUT2D eigenvalue weighted by atomic mass is 32.2. The summed E-state index contributed by atoms with van der Waals surface area (Å²) in [4.78, 5) is 18.6. The van der Waals surface area contributed by atoms with Gasteiger partial charge in [0.15, 0.2) is 0 Å². The Labute approximate surface area is 171 Å². The third-order valence-electron chi connectivity index (χ3n) is 4.40. The van der Waals surface area contributed by atoms with Crippen LogP contribution in [-0.4, -0.2) is 26.9 Å². The van der Waals surface area contributed by atoms with Gasteiger partial charge in [0.2, 0.25) is 5.13 Å². The van der Waals surface area contributed by atoms with Gasteiger partial charge in [-0.25, -0.2) is 4.98 Å². The second-order valence-corrected chi connectivity index (χ2v) is 8.58. The molecule has 28 heavy (non-hydrogen) atoms. The number of thiazole rings is 1. The van der Waals surface area contributed by atoms with Crippen LogP contribution in [0, 0.1) is 20.8 Å². The van der Waals surface area contributed by atoms with Crippen molar-refractivity contribution in [3.05, 3.63) is 64.8 Å². The molecule has 0 spiro atoms. The standard InChI is InChI=1S/C21H20N4OS2/c1-12-8-13(2)19-17(9-12)28-21(23-19)25-18(10-14(3)24-25)22-20(26)15-6-5-7-16(11-15)27-4/h5-11H,1-4H3,(H,22,26). The van der Waals surface area contributed by atoms with Crippen LogP contribution in [-0.2, 0) is 0 Å². The second-order valence-electron chi connectivity index (χ2n) is 6.69. The lowest BCUT2D eigenvalue weighted by atomic mass is 10.1. The highest BCUT2D eigenvalue weighted by Gasteiger charge is 2.16. The Hall–Kier alpha value is -2.64. The van der Waals surface area contributed by atoms with E-state index in [0.29, 0.717) is 11.4 Å². The van der Waals surface area contributed by atoms with Gasteiger partial charge in [0.25, 0.3) is 5.91 Å². The summed E-state index contributed by atoms with van der Waals surface area (Å²) in [5.74, 6) is 0.454. The van der Waals surface area contributed by atoms with Crippen LogP contribution in [0.5, 0.6) is 0 Å². The summed E-state index contributed by atoms with van der Waals surface area (Å²) in [6, 6.07) is 13.7. The Morgan fingerprint density at radius 1 is 1.14 bits per heavy atom. The first kappa shape index (κ1) is 18.7. The SMILES string of the molecule is CSc1cccc(C(=O)Nc2cc(C)nn2-c2nc3c(C)cc(C)cc3s2)c1. The molecule has 0 aliphatic heterocycles. The molecule has 0 aliphatic rings. The van der Waals surface area contributed by atoms with Gasteiger partial charge in [0.1, 0.15) is 5.82 Å². The molecular formula is C21H20N4OS2. The van der Waals surface area contributed by atoms with Crippen LogP contribution < -0.4 is 5.32 Å². The van der Waals surface area contributed by atoms with E-state index in [1.807, 2.05) is 43.5 Å². The lowest BCUT2D eigenvalue weighted by molar-refractivity contribution is 0.102. The Morgan fingerprint density at radius 2 is 1.96 bits per heavy atom. The first-order valence-corrected chi connectivity index (χ1v) is 10.9. The molecule has 0 unspecified atom stereocenters.